The molecule has 8 heteroatoms. The summed E-state index contributed by atoms with van der Waals surface area (Å²) in [5, 5.41) is 10.8. The zero-order valence-electron chi connectivity index (χ0n) is 14.7. The lowest BCUT2D eigenvalue weighted by atomic mass is 10.1. The summed E-state index contributed by atoms with van der Waals surface area (Å²) < 4.78 is 23.4. The van der Waals surface area contributed by atoms with Gasteiger partial charge in [0, 0.05) is 16.7 Å². The van der Waals surface area contributed by atoms with Gasteiger partial charge in [-0.2, -0.15) is 10.2 Å². The number of nitrogens with zero attached hydrogens (tertiary/aromatic N) is 2. The number of nitrogens with one attached hydrogen (secondary N) is 2. The number of aromatic nitrogens is 2. The van der Waals surface area contributed by atoms with Crippen LogP contribution in [0.3, 0.4) is 0 Å². The van der Waals surface area contributed by atoms with E-state index in [-0.39, 0.29) is 5.82 Å². The first-order chi connectivity index (χ1) is 13.1. The van der Waals surface area contributed by atoms with Gasteiger partial charge in [-0.3, -0.25) is 9.89 Å². The standard InChI is InChI=1S/C19H17FN4O3/c1-26-16-8-5-13(9-17(16)27-2)19(25)24-22-11-14-10-21-23-18(14)12-3-6-15(20)7-4-12/h3-11H,1-2H3,(H,21,23)(H,24,25)/b22-11-. The highest BCUT2D eigenvalue weighted by molar-refractivity contribution is 5.96. The topological polar surface area (TPSA) is 88.6 Å². The minimum atomic E-state index is -0.404. The maximum atomic E-state index is 13.1. The van der Waals surface area contributed by atoms with Crippen LogP contribution in [0.15, 0.2) is 53.8 Å². The van der Waals surface area contributed by atoms with Gasteiger partial charge in [0.1, 0.15) is 5.82 Å². The van der Waals surface area contributed by atoms with Crippen LogP contribution in [0.4, 0.5) is 4.39 Å². The second-order valence-corrected chi connectivity index (χ2v) is 5.48. The van der Waals surface area contributed by atoms with Crippen molar-refractivity contribution >= 4 is 12.1 Å². The highest BCUT2D eigenvalue weighted by Crippen LogP contribution is 2.27. The Labute approximate surface area is 154 Å². The quantitative estimate of drug-likeness (QED) is 0.517. The first kappa shape index (κ1) is 18.1. The molecule has 0 aliphatic carbocycles. The van der Waals surface area contributed by atoms with Gasteiger partial charge in [-0.05, 0) is 42.5 Å². The van der Waals surface area contributed by atoms with E-state index in [0.717, 1.165) is 5.56 Å². The average Bonchev–Trinajstić information content (AvgIpc) is 3.16. The van der Waals surface area contributed by atoms with Gasteiger partial charge in [0.05, 0.1) is 32.3 Å². The Morgan fingerprint density at radius 1 is 1.15 bits per heavy atom. The zero-order chi connectivity index (χ0) is 19.2. The number of rotatable bonds is 6. The van der Waals surface area contributed by atoms with E-state index in [4.69, 9.17) is 9.47 Å². The molecule has 3 rings (SSSR count). The molecule has 1 amide bonds. The SMILES string of the molecule is COc1ccc(C(=O)N/N=C\c2cn[nH]c2-c2ccc(F)cc2)cc1OC. The van der Waals surface area contributed by atoms with Gasteiger partial charge in [-0.25, -0.2) is 9.82 Å². The van der Waals surface area contributed by atoms with Crippen LogP contribution in [-0.2, 0) is 0 Å². The molecule has 2 N–H and O–H groups in total. The molecule has 0 unspecified atom stereocenters. The first-order valence-corrected chi connectivity index (χ1v) is 7.97. The van der Waals surface area contributed by atoms with E-state index in [0.29, 0.717) is 28.3 Å². The Morgan fingerprint density at radius 3 is 2.59 bits per heavy atom. The fraction of sp³-hybridized carbons (Fsp3) is 0.105. The van der Waals surface area contributed by atoms with Gasteiger partial charge in [-0.15, -0.1) is 0 Å². The number of carbonyl (C=O) groups excluding carboxylic acids is 1. The molecule has 0 fully saturated rings. The third-order valence-corrected chi connectivity index (χ3v) is 3.82. The molecule has 0 aliphatic heterocycles. The summed E-state index contributed by atoms with van der Waals surface area (Å²) in [6.45, 7) is 0. The number of ether oxygens (including phenoxy) is 2. The van der Waals surface area contributed by atoms with Crippen molar-refractivity contribution in [2.45, 2.75) is 0 Å². The molecule has 0 radical (unpaired) electrons. The van der Waals surface area contributed by atoms with Crippen molar-refractivity contribution in [3.63, 3.8) is 0 Å². The van der Waals surface area contributed by atoms with Crippen LogP contribution < -0.4 is 14.9 Å². The highest BCUT2D eigenvalue weighted by atomic mass is 19.1. The van der Waals surface area contributed by atoms with Crippen molar-refractivity contribution in [3.8, 4) is 22.8 Å². The van der Waals surface area contributed by atoms with Crippen molar-refractivity contribution < 1.29 is 18.7 Å². The number of methoxy groups -OCH3 is 2. The van der Waals surface area contributed by atoms with E-state index >= 15 is 0 Å². The maximum absolute atomic E-state index is 13.1. The normalized spacial score (nSPS) is 10.8. The van der Waals surface area contributed by atoms with Gasteiger partial charge < -0.3 is 9.47 Å². The maximum Gasteiger partial charge on any atom is 0.271 e. The summed E-state index contributed by atoms with van der Waals surface area (Å²) in [4.78, 5) is 12.2. The Bertz CT molecular complexity index is 967. The van der Waals surface area contributed by atoms with Crippen molar-refractivity contribution in [2.24, 2.45) is 5.10 Å². The van der Waals surface area contributed by atoms with Crippen molar-refractivity contribution in [1.29, 1.82) is 0 Å². The Kier molecular flexibility index (Phi) is 5.46. The molecule has 3 aromatic rings. The number of halogens is 1. The van der Waals surface area contributed by atoms with Crippen molar-refractivity contribution in [3.05, 3.63) is 65.6 Å². The molecular formula is C19H17FN4O3. The van der Waals surface area contributed by atoms with Crippen LogP contribution in [0, 0.1) is 5.82 Å². The largest absolute Gasteiger partial charge is 0.493 e. The molecular weight excluding hydrogens is 351 g/mol. The lowest BCUT2D eigenvalue weighted by Gasteiger charge is -2.08. The summed E-state index contributed by atoms with van der Waals surface area (Å²) in [5.74, 6) is 0.247. The molecule has 7 nitrogen and oxygen atoms in total. The van der Waals surface area contributed by atoms with E-state index in [9.17, 15) is 9.18 Å². The van der Waals surface area contributed by atoms with Crippen LogP contribution in [0.5, 0.6) is 11.5 Å². The predicted octanol–water partition coefficient (Wildman–Crippen LogP) is 3.00. The first-order valence-electron chi connectivity index (χ1n) is 7.97. The zero-order valence-corrected chi connectivity index (χ0v) is 14.7. The third kappa shape index (κ3) is 4.12. The molecule has 2 aromatic carbocycles. The second-order valence-electron chi connectivity index (χ2n) is 5.48. The van der Waals surface area contributed by atoms with Gasteiger partial charge >= 0.3 is 0 Å². The summed E-state index contributed by atoms with van der Waals surface area (Å²) in [6.07, 6.45) is 3.02. The molecule has 0 spiro atoms. The van der Waals surface area contributed by atoms with Crippen molar-refractivity contribution in [1.82, 2.24) is 15.6 Å². The summed E-state index contributed by atoms with van der Waals surface area (Å²) >= 11 is 0. The van der Waals surface area contributed by atoms with Gasteiger partial charge in [0.15, 0.2) is 11.5 Å². The van der Waals surface area contributed by atoms with E-state index in [2.05, 4.69) is 20.7 Å². The van der Waals surface area contributed by atoms with Crippen LogP contribution >= 0.6 is 0 Å². The molecule has 0 atom stereocenters. The molecule has 1 heterocycles. The van der Waals surface area contributed by atoms with Crippen molar-refractivity contribution in [2.75, 3.05) is 14.2 Å². The summed E-state index contributed by atoms with van der Waals surface area (Å²) in [5.41, 5.74) is 4.88. The molecule has 0 saturated heterocycles. The average molecular weight is 368 g/mol. The number of hydrazone groups is 1. The van der Waals surface area contributed by atoms with Gasteiger partial charge in [0.2, 0.25) is 0 Å². The number of aromatic amines is 1. The summed E-state index contributed by atoms with van der Waals surface area (Å²) in [6, 6.07) is 10.8. The fourth-order valence-corrected chi connectivity index (χ4v) is 2.44. The summed E-state index contributed by atoms with van der Waals surface area (Å²) in [7, 11) is 3.01. The number of amides is 1. The second kappa shape index (κ2) is 8.13. The fourth-order valence-electron chi connectivity index (χ4n) is 2.44. The smallest absolute Gasteiger partial charge is 0.271 e. The van der Waals surface area contributed by atoms with E-state index < -0.39 is 5.91 Å². The number of hydrogen-bond donors (Lipinski definition) is 2. The van der Waals surface area contributed by atoms with E-state index in [1.165, 1.54) is 32.6 Å². The molecule has 0 bridgehead atoms. The van der Waals surface area contributed by atoms with Crippen LogP contribution in [0.2, 0.25) is 0 Å². The minimum Gasteiger partial charge on any atom is -0.493 e. The van der Waals surface area contributed by atoms with E-state index in [1.54, 1.807) is 36.5 Å². The predicted molar refractivity (Wildman–Crippen MR) is 98.6 cm³/mol. The lowest BCUT2D eigenvalue weighted by Crippen LogP contribution is -2.17. The Balaban J connectivity index is 1.72. The number of carbonyl (C=O) groups is 1. The lowest BCUT2D eigenvalue weighted by molar-refractivity contribution is 0.0954. The molecule has 138 valence electrons. The van der Waals surface area contributed by atoms with E-state index in [1.807, 2.05) is 0 Å². The highest BCUT2D eigenvalue weighted by Gasteiger charge is 2.10. The Hall–Kier alpha value is -3.68. The molecule has 1 aromatic heterocycles. The molecule has 0 aliphatic rings. The number of hydrogen-bond acceptors (Lipinski definition) is 5. The van der Waals surface area contributed by atoms with Crippen LogP contribution in [0.25, 0.3) is 11.3 Å². The van der Waals surface area contributed by atoms with Crippen LogP contribution in [0.1, 0.15) is 15.9 Å². The monoisotopic (exact) mass is 368 g/mol. The molecule has 0 saturated carbocycles. The van der Waals surface area contributed by atoms with Gasteiger partial charge in [0.25, 0.3) is 5.91 Å². The number of H-pyrrole nitrogens is 1. The molecule has 27 heavy (non-hydrogen) atoms. The minimum absolute atomic E-state index is 0.323. The van der Waals surface area contributed by atoms with Crippen LogP contribution in [-0.4, -0.2) is 36.5 Å². The van der Waals surface area contributed by atoms with Gasteiger partial charge in [-0.1, -0.05) is 0 Å². The Morgan fingerprint density at radius 2 is 1.89 bits per heavy atom. The number of benzene rings is 2. The third-order valence-electron chi connectivity index (χ3n) is 3.82.